The number of rotatable bonds is 10. The van der Waals surface area contributed by atoms with Crippen molar-refractivity contribution < 1.29 is 27.4 Å². The Kier molecular flexibility index (Phi) is 8.01. The molecule has 1 amide bonds. The van der Waals surface area contributed by atoms with Gasteiger partial charge in [0.25, 0.3) is 10.0 Å². The van der Waals surface area contributed by atoms with Crippen molar-refractivity contribution in [2.24, 2.45) is 0 Å². The van der Waals surface area contributed by atoms with Crippen LogP contribution in [0.1, 0.15) is 12.5 Å². The first-order valence-electron chi connectivity index (χ1n) is 10.6. The number of amides is 1. The first-order valence-corrected chi connectivity index (χ1v) is 12.1. The zero-order valence-corrected chi connectivity index (χ0v) is 20.4. The van der Waals surface area contributed by atoms with Gasteiger partial charge in [0.15, 0.2) is 0 Å². The molecule has 0 aliphatic rings. The van der Waals surface area contributed by atoms with E-state index in [9.17, 15) is 13.2 Å². The Balaban J connectivity index is 1.98. The number of ether oxygens (including phenoxy) is 3. The summed E-state index contributed by atoms with van der Waals surface area (Å²) in [5.74, 6) is 0.925. The number of hydrogen-bond acceptors (Lipinski definition) is 6. The molecule has 0 saturated carbocycles. The van der Waals surface area contributed by atoms with Gasteiger partial charge in [0.05, 0.1) is 26.5 Å². The number of anilines is 2. The average molecular weight is 485 g/mol. The van der Waals surface area contributed by atoms with Gasteiger partial charge in [0, 0.05) is 5.69 Å². The monoisotopic (exact) mass is 484 g/mol. The summed E-state index contributed by atoms with van der Waals surface area (Å²) in [5.41, 5.74) is 1.58. The fourth-order valence-electron chi connectivity index (χ4n) is 3.30. The Morgan fingerprint density at radius 3 is 2.15 bits per heavy atom. The number of nitrogens with zero attached hydrogens (tertiary/aromatic N) is 1. The van der Waals surface area contributed by atoms with E-state index in [4.69, 9.17) is 14.2 Å². The molecule has 0 unspecified atom stereocenters. The molecule has 0 aromatic heterocycles. The van der Waals surface area contributed by atoms with E-state index in [1.807, 2.05) is 6.92 Å². The molecule has 0 atom stereocenters. The normalized spacial score (nSPS) is 10.9. The van der Waals surface area contributed by atoms with Gasteiger partial charge in [-0.2, -0.15) is 0 Å². The molecule has 3 aromatic carbocycles. The molecule has 1 N–H and O–H groups in total. The number of methoxy groups -OCH3 is 2. The molecular weight excluding hydrogens is 456 g/mol. The lowest BCUT2D eigenvalue weighted by Gasteiger charge is -2.25. The van der Waals surface area contributed by atoms with Crippen LogP contribution in [-0.4, -0.2) is 41.7 Å². The van der Waals surface area contributed by atoms with Crippen LogP contribution in [0.5, 0.6) is 17.2 Å². The average Bonchev–Trinajstić information content (AvgIpc) is 2.84. The predicted molar refractivity (Wildman–Crippen MR) is 131 cm³/mol. The SMILES string of the molecule is CCOc1ccc(N(CC(=O)Nc2ccc(OC)cc2)S(=O)(=O)c2cc(C)ccc2OC)cc1. The van der Waals surface area contributed by atoms with E-state index in [1.54, 1.807) is 74.7 Å². The maximum Gasteiger partial charge on any atom is 0.268 e. The molecular formula is C25H28N2O6S. The molecule has 34 heavy (non-hydrogen) atoms. The maximum atomic E-state index is 13.8. The van der Waals surface area contributed by atoms with Gasteiger partial charge in [-0.15, -0.1) is 0 Å². The lowest BCUT2D eigenvalue weighted by Crippen LogP contribution is -2.38. The van der Waals surface area contributed by atoms with Crippen molar-refractivity contribution in [2.45, 2.75) is 18.7 Å². The molecule has 180 valence electrons. The van der Waals surface area contributed by atoms with E-state index >= 15 is 0 Å². The summed E-state index contributed by atoms with van der Waals surface area (Å²) in [4.78, 5) is 12.9. The zero-order chi connectivity index (χ0) is 24.7. The highest BCUT2D eigenvalue weighted by atomic mass is 32.2. The lowest BCUT2D eigenvalue weighted by molar-refractivity contribution is -0.114. The first kappa shape index (κ1) is 24.9. The van der Waals surface area contributed by atoms with Crippen molar-refractivity contribution in [2.75, 3.05) is 37.0 Å². The number of aryl methyl sites for hydroxylation is 1. The van der Waals surface area contributed by atoms with Crippen molar-refractivity contribution in [3.63, 3.8) is 0 Å². The van der Waals surface area contributed by atoms with Gasteiger partial charge < -0.3 is 19.5 Å². The van der Waals surface area contributed by atoms with Crippen LogP contribution < -0.4 is 23.8 Å². The van der Waals surface area contributed by atoms with Gasteiger partial charge in [0.1, 0.15) is 28.7 Å². The highest BCUT2D eigenvalue weighted by Crippen LogP contribution is 2.31. The lowest BCUT2D eigenvalue weighted by atomic mass is 10.2. The third-order valence-electron chi connectivity index (χ3n) is 4.98. The van der Waals surface area contributed by atoms with Crippen LogP contribution in [-0.2, 0) is 14.8 Å². The Morgan fingerprint density at radius 2 is 1.56 bits per heavy atom. The molecule has 9 heteroatoms. The summed E-state index contributed by atoms with van der Waals surface area (Å²) < 4.78 is 44.5. The Labute approximate surface area is 200 Å². The molecule has 0 bridgehead atoms. The standard InChI is InChI=1S/C25H28N2O6S/c1-5-33-22-13-9-20(10-14-22)27(17-25(28)26-19-7-11-21(31-3)12-8-19)34(29,30)24-16-18(2)6-15-23(24)32-4/h6-16H,5,17H2,1-4H3,(H,26,28). The Bertz CT molecular complexity index is 1230. The van der Waals surface area contributed by atoms with Crippen LogP contribution >= 0.6 is 0 Å². The third-order valence-corrected chi connectivity index (χ3v) is 6.78. The molecule has 0 aliphatic carbocycles. The minimum absolute atomic E-state index is 0.0267. The van der Waals surface area contributed by atoms with Crippen LogP contribution in [0, 0.1) is 6.92 Å². The van der Waals surface area contributed by atoms with E-state index < -0.39 is 22.5 Å². The summed E-state index contributed by atoms with van der Waals surface area (Å²) in [6.07, 6.45) is 0. The van der Waals surface area contributed by atoms with Gasteiger partial charge in [-0.3, -0.25) is 9.10 Å². The number of nitrogens with one attached hydrogen (secondary N) is 1. The van der Waals surface area contributed by atoms with Crippen molar-refractivity contribution >= 4 is 27.3 Å². The quantitative estimate of drug-likeness (QED) is 0.463. The number of hydrogen-bond donors (Lipinski definition) is 1. The largest absolute Gasteiger partial charge is 0.497 e. The topological polar surface area (TPSA) is 94.2 Å². The summed E-state index contributed by atoms with van der Waals surface area (Å²) in [5, 5.41) is 2.73. The highest BCUT2D eigenvalue weighted by Gasteiger charge is 2.30. The van der Waals surface area contributed by atoms with E-state index in [0.29, 0.717) is 29.5 Å². The second kappa shape index (κ2) is 10.9. The molecule has 0 radical (unpaired) electrons. The van der Waals surface area contributed by atoms with Gasteiger partial charge in [-0.05, 0) is 80.1 Å². The van der Waals surface area contributed by atoms with E-state index in [0.717, 1.165) is 9.87 Å². The highest BCUT2D eigenvalue weighted by molar-refractivity contribution is 7.93. The summed E-state index contributed by atoms with van der Waals surface area (Å²) in [7, 11) is -1.20. The summed E-state index contributed by atoms with van der Waals surface area (Å²) >= 11 is 0. The van der Waals surface area contributed by atoms with Gasteiger partial charge >= 0.3 is 0 Å². The second-order valence-electron chi connectivity index (χ2n) is 7.37. The molecule has 0 aliphatic heterocycles. The number of sulfonamides is 1. The number of benzene rings is 3. The summed E-state index contributed by atoms with van der Waals surface area (Å²) in [6, 6.07) is 18.2. The third kappa shape index (κ3) is 5.79. The minimum Gasteiger partial charge on any atom is -0.497 e. The van der Waals surface area contributed by atoms with Crippen molar-refractivity contribution in [1.82, 2.24) is 0 Å². The molecule has 3 rings (SSSR count). The van der Waals surface area contributed by atoms with Gasteiger partial charge in [-0.25, -0.2) is 8.42 Å². The first-order chi connectivity index (χ1) is 16.3. The molecule has 0 fully saturated rings. The van der Waals surface area contributed by atoms with Crippen LogP contribution in [0.15, 0.2) is 71.6 Å². The number of carbonyl (C=O) groups excluding carboxylic acids is 1. The predicted octanol–water partition coefficient (Wildman–Crippen LogP) is 4.24. The summed E-state index contributed by atoms with van der Waals surface area (Å²) in [6.45, 7) is 3.68. The zero-order valence-electron chi connectivity index (χ0n) is 19.6. The fraction of sp³-hybridized carbons (Fsp3) is 0.240. The maximum absolute atomic E-state index is 13.8. The number of carbonyl (C=O) groups is 1. The molecule has 0 spiro atoms. The van der Waals surface area contributed by atoms with Gasteiger partial charge in [-0.1, -0.05) is 6.07 Å². The van der Waals surface area contributed by atoms with Crippen LogP contribution in [0.3, 0.4) is 0 Å². The van der Waals surface area contributed by atoms with Gasteiger partial charge in [0.2, 0.25) is 5.91 Å². The smallest absolute Gasteiger partial charge is 0.268 e. The van der Waals surface area contributed by atoms with Crippen LogP contribution in [0.25, 0.3) is 0 Å². The van der Waals surface area contributed by atoms with Crippen molar-refractivity contribution in [3.8, 4) is 17.2 Å². The molecule has 0 heterocycles. The Morgan fingerprint density at radius 1 is 0.912 bits per heavy atom. The molecule has 0 saturated heterocycles. The van der Waals surface area contributed by atoms with Crippen molar-refractivity contribution in [1.29, 1.82) is 0 Å². The second-order valence-corrected chi connectivity index (χ2v) is 9.20. The van der Waals surface area contributed by atoms with E-state index in [-0.39, 0.29) is 10.6 Å². The van der Waals surface area contributed by atoms with Crippen molar-refractivity contribution in [3.05, 3.63) is 72.3 Å². The van der Waals surface area contributed by atoms with E-state index in [1.165, 1.54) is 13.2 Å². The van der Waals surface area contributed by atoms with Crippen LogP contribution in [0.2, 0.25) is 0 Å². The van der Waals surface area contributed by atoms with E-state index in [2.05, 4.69) is 5.32 Å². The minimum atomic E-state index is -4.16. The fourth-order valence-corrected chi connectivity index (χ4v) is 4.96. The molecule has 3 aromatic rings. The van der Waals surface area contributed by atoms with Crippen LogP contribution in [0.4, 0.5) is 11.4 Å². The Hall–Kier alpha value is -3.72. The molecule has 8 nitrogen and oxygen atoms in total.